The zero-order chi connectivity index (χ0) is 40.3. The van der Waals surface area contributed by atoms with Crippen molar-refractivity contribution in [3.05, 3.63) is 253 Å². The first-order chi connectivity index (χ1) is 29.6. The van der Waals surface area contributed by atoms with Gasteiger partial charge < -0.3 is 4.90 Å². The van der Waals surface area contributed by atoms with Gasteiger partial charge in [0.25, 0.3) is 0 Å². The fraction of sp³-hybridized carbons (Fsp3) is 0.119. The first-order valence-corrected chi connectivity index (χ1v) is 21.5. The van der Waals surface area contributed by atoms with Crippen LogP contribution in [0, 0.1) is 5.41 Å². The standard InChI is InChI=1S/C59H49N/c1-59(51-35-31-47(32-36-51)44-17-7-3-8-18-44)41-39-53(40-42-59)60(52-37-33-48(34-38-52)46-29-27-45(28-30-46)43-15-5-2-6-16-43)57-26-14-24-55(50-19-9-4-10-20-50)58(57)56-25-13-22-49-21-11-12-23-54(49)56/h2-31,33,35,37-41,48H,32,34,36,42H2,1H3. The average Bonchev–Trinajstić information content (AvgIpc) is 3.33. The van der Waals surface area contributed by atoms with E-state index in [9.17, 15) is 0 Å². The number of anilines is 1. The summed E-state index contributed by atoms with van der Waals surface area (Å²) in [7, 11) is 0. The maximum atomic E-state index is 2.54. The third-order valence-electron chi connectivity index (χ3n) is 12.9. The van der Waals surface area contributed by atoms with Crippen molar-refractivity contribution in [1.29, 1.82) is 0 Å². The summed E-state index contributed by atoms with van der Waals surface area (Å²) in [5, 5.41) is 2.50. The van der Waals surface area contributed by atoms with Crippen molar-refractivity contribution in [2.24, 2.45) is 5.41 Å². The molecule has 3 aliphatic carbocycles. The van der Waals surface area contributed by atoms with E-state index in [-0.39, 0.29) is 5.41 Å². The molecule has 10 rings (SSSR count). The minimum atomic E-state index is -0.0496. The molecule has 7 aromatic rings. The van der Waals surface area contributed by atoms with E-state index in [2.05, 4.69) is 236 Å². The number of fused-ring (bicyclic) bond motifs is 1. The van der Waals surface area contributed by atoms with Crippen molar-refractivity contribution >= 4 is 22.0 Å². The zero-order valence-electron chi connectivity index (χ0n) is 34.2. The summed E-state index contributed by atoms with van der Waals surface area (Å²) in [6.07, 6.45) is 23.3. The van der Waals surface area contributed by atoms with Gasteiger partial charge in [-0.1, -0.05) is 219 Å². The van der Waals surface area contributed by atoms with Gasteiger partial charge in [0.15, 0.2) is 0 Å². The van der Waals surface area contributed by atoms with E-state index in [0.717, 1.165) is 25.7 Å². The summed E-state index contributed by atoms with van der Waals surface area (Å²) < 4.78 is 0. The summed E-state index contributed by atoms with van der Waals surface area (Å²) >= 11 is 0. The molecule has 2 unspecified atom stereocenters. The lowest BCUT2D eigenvalue weighted by Crippen LogP contribution is -2.26. The van der Waals surface area contributed by atoms with Gasteiger partial charge in [0.2, 0.25) is 0 Å². The van der Waals surface area contributed by atoms with Crippen molar-refractivity contribution in [2.45, 2.75) is 38.5 Å². The Morgan fingerprint density at radius 2 is 1.15 bits per heavy atom. The quantitative estimate of drug-likeness (QED) is 0.141. The SMILES string of the molecule is CC1(C2=CC=C(c3ccccc3)CC2)C=CC(N(C2=CCC(c3ccc(-c4ccccc4)cc3)C=C2)c2cccc(-c3ccccc3)c2-c2cccc3ccccc23)=CC1. The molecule has 0 bridgehead atoms. The van der Waals surface area contributed by atoms with Crippen LogP contribution in [0.4, 0.5) is 5.69 Å². The molecule has 7 aromatic carbocycles. The highest BCUT2D eigenvalue weighted by atomic mass is 15.2. The molecule has 60 heavy (non-hydrogen) atoms. The fourth-order valence-corrected chi connectivity index (χ4v) is 9.45. The molecule has 290 valence electrons. The second kappa shape index (κ2) is 16.4. The average molecular weight is 772 g/mol. The zero-order valence-corrected chi connectivity index (χ0v) is 34.2. The maximum absolute atomic E-state index is 2.54. The van der Waals surface area contributed by atoms with Crippen LogP contribution in [0.1, 0.15) is 49.7 Å². The molecular formula is C59H49N. The largest absolute Gasteiger partial charge is 0.311 e. The van der Waals surface area contributed by atoms with Crippen LogP contribution in [0.5, 0.6) is 0 Å². The minimum Gasteiger partial charge on any atom is -0.311 e. The van der Waals surface area contributed by atoms with Crippen molar-refractivity contribution in [1.82, 2.24) is 0 Å². The molecule has 0 N–H and O–H groups in total. The number of benzene rings is 7. The van der Waals surface area contributed by atoms with Gasteiger partial charge in [0.1, 0.15) is 0 Å². The first-order valence-electron chi connectivity index (χ1n) is 21.5. The molecule has 1 heteroatoms. The Hall–Kier alpha value is -6.96. The lowest BCUT2D eigenvalue weighted by Gasteiger charge is -2.37. The van der Waals surface area contributed by atoms with E-state index < -0.39 is 0 Å². The summed E-state index contributed by atoms with van der Waals surface area (Å²) in [4.78, 5) is 2.54. The third-order valence-corrected chi connectivity index (χ3v) is 12.9. The summed E-state index contributed by atoms with van der Waals surface area (Å²) in [6, 6.07) is 63.9. The molecular weight excluding hydrogens is 723 g/mol. The van der Waals surface area contributed by atoms with Crippen LogP contribution in [0.15, 0.2) is 241 Å². The molecule has 0 saturated heterocycles. The van der Waals surface area contributed by atoms with Gasteiger partial charge in [0.05, 0.1) is 5.69 Å². The lowest BCUT2D eigenvalue weighted by atomic mass is 9.72. The first kappa shape index (κ1) is 37.3. The van der Waals surface area contributed by atoms with Crippen molar-refractivity contribution < 1.29 is 0 Å². The molecule has 0 aromatic heterocycles. The van der Waals surface area contributed by atoms with Gasteiger partial charge in [-0.3, -0.25) is 0 Å². The molecule has 0 spiro atoms. The van der Waals surface area contributed by atoms with Crippen molar-refractivity contribution in [2.75, 3.05) is 4.90 Å². The van der Waals surface area contributed by atoms with Crippen LogP contribution < -0.4 is 4.90 Å². The molecule has 0 aliphatic heterocycles. The highest BCUT2D eigenvalue weighted by molar-refractivity contribution is 6.05. The molecule has 0 saturated carbocycles. The number of nitrogens with zero attached hydrogens (tertiary/aromatic N) is 1. The highest BCUT2D eigenvalue weighted by Crippen LogP contribution is 2.48. The monoisotopic (exact) mass is 771 g/mol. The van der Waals surface area contributed by atoms with E-state index in [1.165, 1.54) is 83.5 Å². The van der Waals surface area contributed by atoms with Gasteiger partial charge in [-0.15, -0.1) is 0 Å². The Kier molecular flexibility index (Phi) is 10.2. The van der Waals surface area contributed by atoms with E-state index >= 15 is 0 Å². The summed E-state index contributed by atoms with van der Waals surface area (Å²) in [5.41, 5.74) is 16.5. The van der Waals surface area contributed by atoms with Crippen LogP contribution in [-0.4, -0.2) is 0 Å². The topological polar surface area (TPSA) is 3.24 Å². The second-order valence-corrected chi connectivity index (χ2v) is 16.6. The fourth-order valence-electron chi connectivity index (χ4n) is 9.45. The van der Waals surface area contributed by atoms with Crippen LogP contribution >= 0.6 is 0 Å². The van der Waals surface area contributed by atoms with Gasteiger partial charge in [-0.25, -0.2) is 0 Å². The van der Waals surface area contributed by atoms with Crippen LogP contribution in [0.3, 0.4) is 0 Å². The molecule has 0 radical (unpaired) electrons. The van der Waals surface area contributed by atoms with E-state index in [0.29, 0.717) is 5.92 Å². The van der Waals surface area contributed by atoms with E-state index in [4.69, 9.17) is 0 Å². The van der Waals surface area contributed by atoms with E-state index in [1.54, 1.807) is 0 Å². The normalized spacial score (nSPS) is 18.6. The maximum Gasteiger partial charge on any atom is 0.0546 e. The molecule has 1 nitrogen and oxygen atoms in total. The van der Waals surface area contributed by atoms with Gasteiger partial charge in [-0.2, -0.15) is 0 Å². The van der Waals surface area contributed by atoms with Crippen molar-refractivity contribution in [3.8, 4) is 33.4 Å². The van der Waals surface area contributed by atoms with Crippen molar-refractivity contribution in [3.63, 3.8) is 0 Å². The van der Waals surface area contributed by atoms with E-state index in [1.807, 2.05) is 0 Å². The van der Waals surface area contributed by atoms with Crippen LogP contribution in [0.2, 0.25) is 0 Å². The second-order valence-electron chi connectivity index (χ2n) is 16.6. The molecule has 0 amide bonds. The summed E-state index contributed by atoms with van der Waals surface area (Å²) in [6.45, 7) is 2.42. The number of hydrogen-bond donors (Lipinski definition) is 0. The number of allylic oxidation sites excluding steroid dienone is 10. The minimum absolute atomic E-state index is 0.0496. The third kappa shape index (κ3) is 7.33. The predicted octanol–water partition coefficient (Wildman–Crippen LogP) is 15.9. The predicted molar refractivity (Wildman–Crippen MR) is 255 cm³/mol. The molecule has 2 atom stereocenters. The molecule has 3 aliphatic rings. The number of rotatable bonds is 9. The Morgan fingerprint density at radius 1 is 0.517 bits per heavy atom. The molecule has 0 heterocycles. The Labute approximate surface area is 355 Å². The smallest absolute Gasteiger partial charge is 0.0546 e. The molecule has 0 fully saturated rings. The van der Waals surface area contributed by atoms with Gasteiger partial charge >= 0.3 is 0 Å². The summed E-state index contributed by atoms with van der Waals surface area (Å²) in [5.74, 6) is 0.305. The van der Waals surface area contributed by atoms with Gasteiger partial charge in [-0.05, 0) is 99.2 Å². The lowest BCUT2D eigenvalue weighted by molar-refractivity contribution is 0.493. The Bertz CT molecular complexity index is 2850. The highest BCUT2D eigenvalue weighted by Gasteiger charge is 2.31. The van der Waals surface area contributed by atoms with Crippen LogP contribution in [-0.2, 0) is 0 Å². The van der Waals surface area contributed by atoms with Crippen LogP contribution in [0.25, 0.3) is 49.7 Å². The Balaban J connectivity index is 1.06. The van der Waals surface area contributed by atoms with Gasteiger partial charge in [0, 0.05) is 28.3 Å². The number of hydrogen-bond acceptors (Lipinski definition) is 1. The Morgan fingerprint density at radius 3 is 1.83 bits per heavy atom.